The SMILES string of the molecule is CCCCCCCC/C=C\CCCCCCCC(=O)OC[C@H](COP(=O)(O)OC1[C@H](O)[C@H](O)C(O)[C@H](O)[C@H]1O)OC(=O)CCC/C=C\C/C=C\C/C=C\C/C=C\C=C\[C@H](O)CC. The van der Waals surface area contributed by atoms with Crippen LogP contribution in [0.5, 0.6) is 0 Å². The topological polar surface area (TPSA) is 230 Å². The van der Waals surface area contributed by atoms with E-state index >= 15 is 0 Å². The van der Waals surface area contributed by atoms with Crippen LogP contribution in [0.25, 0.3) is 0 Å². The highest BCUT2D eigenvalue weighted by molar-refractivity contribution is 7.47. The van der Waals surface area contributed by atoms with Crippen LogP contribution >= 0.6 is 7.82 Å². The Morgan fingerprint density at radius 1 is 0.581 bits per heavy atom. The average Bonchev–Trinajstić information content (AvgIpc) is 3.25. The Balaban J connectivity index is 2.53. The molecule has 0 amide bonds. The van der Waals surface area contributed by atoms with Crippen molar-refractivity contribution in [3.05, 3.63) is 72.9 Å². The highest BCUT2D eigenvalue weighted by Crippen LogP contribution is 2.47. The summed E-state index contributed by atoms with van der Waals surface area (Å²) in [4.78, 5) is 35.7. The van der Waals surface area contributed by atoms with E-state index < -0.39 is 81.8 Å². The second-order valence-electron chi connectivity index (χ2n) is 15.7. The van der Waals surface area contributed by atoms with Crippen molar-refractivity contribution in [1.29, 1.82) is 0 Å². The minimum atomic E-state index is -5.15. The molecule has 1 aliphatic rings. The number of aliphatic hydroxyl groups is 6. The molecule has 0 radical (unpaired) electrons. The Morgan fingerprint density at radius 3 is 1.66 bits per heavy atom. The summed E-state index contributed by atoms with van der Waals surface area (Å²) < 4.78 is 33.4. The second-order valence-corrected chi connectivity index (χ2v) is 17.1. The fourth-order valence-corrected chi connectivity index (χ4v) is 7.30. The smallest absolute Gasteiger partial charge is 0.462 e. The Bertz CT molecular complexity index is 1380. The van der Waals surface area contributed by atoms with E-state index in [1.165, 1.54) is 38.5 Å². The van der Waals surface area contributed by atoms with E-state index in [2.05, 4.69) is 37.3 Å². The molecule has 0 bridgehead atoms. The van der Waals surface area contributed by atoms with Gasteiger partial charge in [0, 0.05) is 12.8 Å². The summed E-state index contributed by atoms with van der Waals surface area (Å²) in [5, 5.41) is 59.6. The van der Waals surface area contributed by atoms with Crippen molar-refractivity contribution < 1.29 is 68.2 Å². The average molecular weight is 899 g/mol. The molecule has 1 saturated carbocycles. The zero-order valence-corrected chi connectivity index (χ0v) is 38.1. The van der Waals surface area contributed by atoms with E-state index in [0.717, 1.165) is 57.8 Å². The van der Waals surface area contributed by atoms with Gasteiger partial charge in [0.2, 0.25) is 0 Å². The lowest BCUT2D eigenvalue weighted by atomic mass is 9.85. The van der Waals surface area contributed by atoms with Crippen LogP contribution in [-0.2, 0) is 32.7 Å². The van der Waals surface area contributed by atoms with Crippen molar-refractivity contribution in [3.8, 4) is 0 Å². The maximum absolute atomic E-state index is 12.8. The molecule has 62 heavy (non-hydrogen) atoms. The largest absolute Gasteiger partial charge is 0.472 e. The molecule has 3 unspecified atom stereocenters. The van der Waals surface area contributed by atoms with Crippen molar-refractivity contribution in [2.24, 2.45) is 0 Å². The Hall–Kier alpha value is -2.75. The first kappa shape index (κ1) is 57.3. The van der Waals surface area contributed by atoms with Gasteiger partial charge in [0.15, 0.2) is 6.10 Å². The fraction of sp³-hybridized carbons (Fsp3) is 0.702. The third-order valence-electron chi connectivity index (χ3n) is 10.2. The fourth-order valence-electron chi connectivity index (χ4n) is 6.33. The van der Waals surface area contributed by atoms with Gasteiger partial charge in [0.05, 0.1) is 12.7 Å². The number of phosphoric ester groups is 1. The number of ether oxygens (including phenoxy) is 2. The number of phosphoric acid groups is 1. The molecule has 0 aliphatic heterocycles. The molecule has 0 heterocycles. The Labute approximate surface area is 370 Å². The van der Waals surface area contributed by atoms with E-state index in [0.29, 0.717) is 25.7 Å². The number of hydrogen-bond donors (Lipinski definition) is 7. The zero-order chi connectivity index (χ0) is 45.9. The third kappa shape index (κ3) is 28.8. The molecule has 9 atom stereocenters. The predicted octanol–water partition coefficient (Wildman–Crippen LogP) is 7.69. The predicted molar refractivity (Wildman–Crippen MR) is 241 cm³/mol. The molecule has 356 valence electrons. The highest BCUT2D eigenvalue weighted by Gasteiger charge is 2.51. The van der Waals surface area contributed by atoms with Crippen molar-refractivity contribution in [2.75, 3.05) is 13.2 Å². The van der Waals surface area contributed by atoms with Crippen LogP contribution in [0, 0.1) is 0 Å². The number of esters is 2. The van der Waals surface area contributed by atoms with Crippen LogP contribution in [0.1, 0.15) is 149 Å². The first-order valence-corrected chi connectivity index (χ1v) is 24.3. The first-order chi connectivity index (χ1) is 29.8. The molecular weight excluding hydrogens is 819 g/mol. The summed E-state index contributed by atoms with van der Waals surface area (Å²) >= 11 is 0. The van der Waals surface area contributed by atoms with Crippen LogP contribution in [0.3, 0.4) is 0 Å². The number of carbonyl (C=O) groups excluding carboxylic acids is 2. The molecule has 1 rings (SSSR count). The third-order valence-corrected chi connectivity index (χ3v) is 11.2. The lowest BCUT2D eigenvalue weighted by Crippen LogP contribution is -2.64. The van der Waals surface area contributed by atoms with E-state index in [-0.39, 0.29) is 12.8 Å². The number of carbonyl (C=O) groups is 2. The van der Waals surface area contributed by atoms with Crippen molar-refractivity contribution in [1.82, 2.24) is 0 Å². The number of rotatable bonds is 36. The van der Waals surface area contributed by atoms with E-state index in [1.54, 1.807) is 6.08 Å². The van der Waals surface area contributed by atoms with Gasteiger partial charge in [-0.3, -0.25) is 18.6 Å². The van der Waals surface area contributed by atoms with Crippen LogP contribution < -0.4 is 0 Å². The minimum Gasteiger partial charge on any atom is -0.462 e. The standard InChI is InChI=1S/C47H79O14P/c1-3-5-6-7-8-9-10-11-12-16-19-22-25-28-31-34-40(49)58-36-39(37-59-62(56,57)61-47-45(54)43(52)42(51)44(53)46(47)55)60-41(50)35-32-29-26-23-20-17-14-13-15-18-21-24-27-30-33-38(48)4-2/h11-12,14-15,17-18,23-24,26-27,30,33,38-39,42-48,51-55H,3-10,13,16,19-22,25,28-29,31-32,34-37H2,1-2H3,(H,56,57)/b12-11-,17-14-,18-15-,26-23-,27-24-,33-30+/t38-,39-,42?,43-,44+,45-,46-,47?/m1/s1. The summed E-state index contributed by atoms with van der Waals surface area (Å²) in [5.41, 5.74) is 0. The molecule has 7 N–H and O–H groups in total. The summed E-state index contributed by atoms with van der Waals surface area (Å²) in [6.07, 6.45) is 29.1. The summed E-state index contributed by atoms with van der Waals surface area (Å²) in [6, 6.07) is 0. The molecule has 14 nitrogen and oxygen atoms in total. The van der Waals surface area contributed by atoms with Gasteiger partial charge in [-0.05, 0) is 70.6 Å². The first-order valence-electron chi connectivity index (χ1n) is 22.8. The lowest BCUT2D eigenvalue weighted by molar-refractivity contribution is -0.220. The normalized spacial score (nSPS) is 23.0. The lowest BCUT2D eigenvalue weighted by Gasteiger charge is -2.41. The van der Waals surface area contributed by atoms with Crippen molar-refractivity contribution in [3.63, 3.8) is 0 Å². The molecule has 0 saturated heterocycles. The van der Waals surface area contributed by atoms with Crippen LogP contribution in [0.4, 0.5) is 0 Å². The van der Waals surface area contributed by atoms with E-state index in [4.69, 9.17) is 18.5 Å². The summed E-state index contributed by atoms with van der Waals surface area (Å²) in [5.74, 6) is -1.20. The van der Waals surface area contributed by atoms with E-state index in [9.17, 15) is 49.7 Å². The highest BCUT2D eigenvalue weighted by atomic mass is 31.2. The minimum absolute atomic E-state index is 0.000390. The van der Waals surface area contributed by atoms with Gasteiger partial charge in [0.25, 0.3) is 0 Å². The van der Waals surface area contributed by atoms with Gasteiger partial charge in [0.1, 0.15) is 43.2 Å². The van der Waals surface area contributed by atoms with Crippen molar-refractivity contribution >= 4 is 19.8 Å². The zero-order valence-electron chi connectivity index (χ0n) is 37.2. The quantitative estimate of drug-likeness (QED) is 0.0105. The number of allylic oxidation sites excluding steroid dienone is 11. The molecule has 1 fully saturated rings. The maximum Gasteiger partial charge on any atom is 0.472 e. The van der Waals surface area contributed by atoms with Gasteiger partial charge < -0.3 is 45.0 Å². The molecule has 0 aromatic heterocycles. The number of unbranched alkanes of at least 4 members (excludes halogenated alkanes) is 12. The van der Waals surface area contributed by atoms with Crippen LogP contribution in [-0.4, -0.2) is 110 Å². The molecule has 0 aromatic rings. The molecule has 0 spiro atoms. The molecule has 0 aromatic carbocycles. The van der Waals surface area contributed by atoms with Crippen molar-refractivity contribution in [2.45, 2.75) is 198 Å². The molecular formula is C47H79O14P. The van der Waals surface area contributed by atoms with Gasteiger partial charge >= 0.3 is 19.8 Å². The van der Waals surface area contributed by atoms with Crippen LogP contribution in [0.15, 0.2) is 72.9 Å². The van der Waals surface area contributed by atoms with E-state index in [1.807, 2.05) is 43.4 Å². The summed E-state index contributed by atoms with van der Waals surface area (Å²) in [6.45, 7) is 2.90. The monoisotopic (exact) mass is 899 g/mol. The molecule has 1 aliphatic carbocycles. The van der Waals surface area contributed by atoms with Gasteiger partial charge in [-0.25, -0.2) is 4.57 Å². The van der Waals surface area contributed by atoms with Gasteiger partial charge in [-0.1, -0.05) is 138 Å². The summed E-state index contributed by atoms with van der Waals surface area (Å²) in [7, 11) is -5.15. The van der Waals surface area contributed by atoms with Crippen LogP contribution in [0.2, 0.25) is 0 Å². The number of hydrogen-bond acceptors (Lipinski definition) is 13. The van der Waals surface area contributed by atoms with Gasteiger partial charge in [-0.15, -0.1) is 0 Å². The Kier molecular flexibility index (Phi) is 33.8. The molecule has 15 heteroatoms. The Morgan fingerprint density at radius 2 is 1.06 bits per heavy atom. The maximum atomic E-state index is 12.8. The number of aliphatic hydroxyl groups excluding tert-OH is 6. The second kappa shape index (κ2) is 36.6. The van der Waals surface area contributed by atoms with Gasteiger partial charge in [-0.2, -0.15) is 0 Å².